The van der Waals surface area contributed by atoms with Crippen molar-refractivity contribution in [3.63, 3.8) is 0 Å². The normalized spacial score (nSPS) is 10.6. The van der Waals surface area contributed by atoms with Crippen LogP contribution in [0.5, 0.6) is 17.2 Å². The summed E-state index contributed by atoms with van der Waals surface area (Å²) in [7, 11) is 1.62. The summed E-state index contributed by atoms with van der Waals surface area (Å²) in [5.74, 6) is 2.64. The van der Waals surface area contributed by atoms with Gasteiger partial charge in [-0.3, -0.25) is 0 Å². The molecule has 0 bridgehead atoms. The number of rotatable bonds is 5. The topological polar surface area (TPSA) is 57.4 Å². The third-order valence-corrected chi connectivity index (χ3v) is 3.92. The van der Waals surface area contributed by atoms with Gasteiger partial charge in [0.25, 0.3) is 5.89 Å². The zero-order valence-electron chi connectivity index (χ0n) is 14.4. The van der Waals surface area contributed by atoms with Gasteiger partial charge in [0, 0.05) is 11.1 Å². The first-order valence-corrected chi connectivity index (χ1v) is 8.23. The Balaban J connectivity index is 1.49. The Kier molecular flexibility index (Phi) is 4.53. The fourth-order valence-electron chi connectivity index (χ4n) is 2.50. The number of methoxy groups -OCH3 is 1. The molecule has 0 aliphatic rings. The second kappa shape index (κ2) is 7.29. The van der Waals surface area contributed by atoms with Gasteiger partial charge in [-0.05, 0) is 72.8 Å². The Labute approximate surface area is 155 Å². The summed E-state index contributed by atoms with van der Waals surface area (Å²) >= 11 is 0. The van der Waals surface area contributed by atoms with Crippen LogP contribution in [-0.4, -0.2) is 17.3 Å². The summed E-state index contributed by atoms with van der Waals surface area (Å²) in [6, 6.07) is 20.6. The predicted octanol–water partition coefficient (Wildman–Crippen LogP) is 5.34. The van der Waals surface area contributed by atoms with Crippen molar-refractivity contribution in [1.82, 2.24) is 10.1 Å². The van der Waals surface area contributed by atoms with E-state index in [4.69, 9.17) is 14.0 Å². The maximum absolute atomic E-state index is 13.0. The van der Waals surface area contributed by atoms with Crippen molar-refractivity contribution >= 4 is 0 Å². The van der Waals surface area contributed by atoms with Crippen molar-refractivity contribution in [2.75, 3.05) is 7.11 Å². The van der Waals surface area contributed by atoms with E-state index in [1.165, 1.54) is 12.1 Å². The molecule has 5 nitrogen and oxygen atoms in total. The molecular weight excluding hydrogens is 347 g/mol. The average Bonchev–Trinajstić information content (AvgIpc) is 3.20. The van der Waals surface area contributed by atoms with Crippen molar-refractivity contribution in [3.05, 3.63) is 78.6 Å². The second-order valence-corrected chi connectivity index (χ2v) is 5.73. The van der Waals surface area contributed by atoms with Gasteiger partial charge in [-0.25, -0.2) is 4.39 Å². The molecule has 27 heavy (non-hydrogen) atoms. The molecule has 0 aliphatic carbocycles. The van der Waals surface area contributed by atoms with Gasteiger partial charge in [0.1, 0.15) is 23.1 Å². The van der Waals surface area contributed by atoms with E-state index in [2.05, 4.69) is 10.1 Å². The van der Waals surface area contributed by atoms with Crippen LogP contribution in [0.4, 0.5) is 4.39 Å². The molecule has 0 unspecified atom stereocenters. The Morgan fingerprint density at radius 3 is 1.93 bits per heavy atom. The lowest BCUT2D eigenvalue weighted by Gasteiger charge is -2.06. The minimum Gasteiger partial charge on any atom is -0.497 e. The molecule has 0 radical (unpaired) electrons. The first-order valence-electron chi connectivity index (χ1n) is 8.23. The number of ether oxygens (including phenoxy) is 2. The van der Waals surface area contributed by atoms with Crippen LogP contribution in [0.15, 0.2) is 77.3 Å². The van der Waals surface area contributed by atoms with Crippen molar-refractivity contribution < 1.29 is 18.4 Å². The highest BCUT2D eigenvalue weighted by Crippen LogP contribution is 2.27. The molecule has 134 valence electrons. The molecule has 0 aliphatic heterocycles. The summed E-state index contributed by atoms with van der Waals surface area (Å²) in [5, 5.41) is 3.98. The van der Waals surface area contributed by atoms with Crippen molar-refractivity contribution in [2.24, 2.45) is 0 Å². The number of benzene rings is 3. The Morgan fingerprint density at radius 2 is 1.30 bits per heavy atom. The molecule has 0 N–H and O–H groups in total. The smallest absolute Gasteiger partial charge is 0.258 e. The van der Waals surface area contributed by atoms with E-state index in [-0.39, 0.29) is 5.82 Å². The summed E-state index contributed by atoms with van der Waals surface area (Å²) in [6.45, 7) is 0. The highest BCUT2D eigenvalue weighted by molar-refractivity contribution is 5.60. The molecule has 0 saturated heterocycles. The minimum absolute atomic E-state index is 0.314. The fraction of sp³-hybridized carbons (Fsp3) is 0.0476. The zero-order chi connectivity index (χ0) is 18.6. The van der Waals surface area contributed by atoms with Crippen LogP contribution in [0.1, 0.15) is 0 Å². The highest BCUT2D eigenvalue weighted by atomic mass is 19.1. The number of nitrogens with zero attached hydrogens (tertiary/aromatic N) is 2. The first-order chi connectivity index (χ1) is 13.2. The van der Waals surface area contributed by atoms with E-state index in [1.54, 1.807) is 19.2 Å². The van der Waals surface area contributed by atoms with Gasteiger partial charge in [-0.1, -0.05) is 5.16 Å². The summed E-state index contributed by atoms with van der Waals surface area (Å²) < 4.78 is 29.2. The van der Waals surface area contributed by atoms with Gasteiger partial charge in [0.2, 0.25) is 5.82 Å². The lowest BCUT2D eigenvalue weighted by molar-refractivity contribution is 0.413. The van der Waals surface area contributed by atoms with E-state index in [1.807, 2.05) is 48.5 Å². The largest absolute Gasteiger partial charge is 0.497 e. The quantitative estimate of drug-likeness (QED) is 0.479. The average molecular weight is 362 g/mol. The van der Waals surface area contributed by atoms with Crippen molar-refractivity contribution in [1.29, 1.82) is 0 Å². The third kappa shape index (κ3) is 3.79. The van der Waals surface area contributed by atoms with Crippen LogP contribution in [0.25, 0.3) is 22.8 Å². The van der Waals surface area contributed by atoms with E-state index < -0.39 is 0 Å². The minimum atomic E-state index is -0.314. The molecule has 4 aromatic rings. The second-order valence-electron chi connectivity index (χ2n) is 5.73. The van der Waals surface area contributed by atoms with Crippen LogP contribution >= 0.6 is 0 Å². The van der Waals surface area contributed by atoms with Gasteiger partial charge < -0.3 is 14.0 Å². The first kappa shape index (κ1) is 16.8. The third-order valence-electron chi connectivity index (χ3n) is 3.92. The maximum Gasteiger partial charge on any atom is 0.258 e. The molecule has 0 spiro atoms. The molecular formula is C21H15FN2O3. The Hall–Kier alpha value is -3.67. The maximum atomic E-state index is 13.0. The summed E-state index contributed by atoms with van der Waals surface area (Å²) in [4.78, 5) is 4.36. The number of hydrogen-bond donors (Lipinski definition) is 0. The SMILES string of the molecule is COc1ccc(Oc2ccc(-c3noc(-c4ccc(F)cc4)n3)cc2)cc1. The van der Waals surface area contributed by atoms with Gasteiger partial charge >= 0.3 is 0 Å². The molecule has 0 fully saturated rings. The van der Waals surface area contributed by atoms with E-state index in [9.17, 15) is 4.39 Å². The van der Waals surface area contributed by atoms with Crippen LogP contribution < -0.4 is 9.47 Å². The fourth-order valence-corrected chi connectivity index (χ4v) is 2.50. The van der Waals surface area contributed by atoms with Crippen LogP contribution in [-0.2, 0) is 0 Å². The molecule has 0 atom stereocenters. The van der Waals surface area contributed by atoms with E-state index in [0.717, 1.165) is 11.3 Å². The van der Waals surface area contributed by atoms with Crippen LogP contribution in [0.2, 0.25) is 0 Å². The van der Waals surface area contributed by atoms with Crippen LogP contribution in [0.3, 0.4) is 0 Å². The number of hydrogen-bond acceptors (Lipinski definition) is 5. The molecule has 6 heteroatoms. The van der Waals surface area contributed by atoms with Gasteiger partial charge in [0.05, 0.1) is 7.11 Å². The van der Waals surface area contributed by atoms with E-state index >= 15 is 0 Å². The molecule has 4 rings (SSSR count). The Morgan fingerprint density at radius 1 is 0.741 bits per heavy atom. The van der Waals surface area contributed by atoms with Crippen LogP contribution in [0, 0.1) is 5.82 Å². The molecule has 3 aromatic carbocycles. The van der Waals surface area contributed by atoms with Gasteiger partial charge in [-0.15, -0.1) is 0 Å². The summed E-state index contributed by atoms with van der Waals surface area (Å²) in [5.41, 5.74) is 1.45. The lowest BCUT2D eigenvalue weighted by Crippen LogP contribution is -1.86. The predicted molar refractivity (Wildman–Crippen MR) is 98.2 cm³/mol. The Bertz CT molecular complexity index is 1030. The standard InChI is InChI=1S/C21H15FN2O3/c1-25-17-10-12-19(13-11-17)26-18-8-4-14(5-9-18)20-23-21(27-24-20)15-2-6-16(22)7-3-15/h2-13H,1H3. The lowest BCUT2D eigenvalue weighted by atomic mass is 10.2. The summed E-state index contributed by atoms with van der Waals surface area (Å²) in [6.07, 6.45) is 0. The molecule has 1 heterocycles. The highest BCUT2D eigenvalue weighted by Gasteiger charge is 2.11. The zero-order valence-corrected chi connectivity index (χ0v) is 14.4. The van der Waals surface area contributed by atoms with Gasteiger partial charge in [-0.2, -0.15) is 4.98 Å². The molecule has 0 amide bonds. The van der Waals surface area contributed by atoms with Gasteiger partial charge in [0.15, 0.2) is 0 Å². The number of aromatic nitrogens is 2. The number of halogens is 1. The molecule has 1 aromatic heterocycles. The van der Waals surface area contributed by atoms with Crippen molar-refractivity contribution in [3.8, 4) is 40.1 Å². The monoisotopic (exact) mass is 362 g/mol. The molecule has 0 saturated carbocycles. The van der Waals surface area contributed by atoms with E-state index in [0.29, 0.717) is 28.8 Å². The van der Waals surface area contributed by atoms with Crippen molar-refractivity contribution in [2.45, 2.75) is 0 Å².